The molecule has 0 spiro atoms. The Hall–Kier alpha value is -3.08. The molecule has 0 aromatic heterocycles. The zero-order valence-corrected chi connectivity index (χ0v) is 13.0. The molecule has 0 saturated carbocycles. The Morgan fingerprint density at radius 2 is 2.04 bits per heavy atom. The molecule has 2 rings (SSSR count). The molecular weight excluding hydrogens is 312 g/mol. The number of hydrogen-bond donors (Lipinski definition) is 3. The van der Waals surface area contributed by atoms with Crippen molar-refractivity contribution >= 4 is 23.6 Å². The smallest absolute Gasteiger partial charge is 0.315 e. The van der Waals surface area contributed by atoms with Crippen LogP contribution in [-0.2, 0) is 9.59 Å². The molecule has 0 bridgehead atoms. The lowest BCUT2D eigenvalue weighted by atomic mass is 10.2. The van der Waals surface area contributed by atoms with Crippen LogP contribution in [0, 0.1) is 11.3 Å². The zero-order valence-electron chi connectivity index (χ0n) is 13.0. The molecule has 0 radical (unpaired) electrons. The van der Waals surface area contributed by atoms with Crippen molar-refractivity contribution in [3.63, 3.8) is 0 Å². The van der Waals surface area contributed by atoms with Crippen molar-refractivity contribution in [1.29, 1.82) is 5.26 Å². The minimum Gasteiger partial charge on any atom is -0.481 e. The molecule has 1 aromatic carbocycles. The van der Waals surface area contributed by atoms with Gasteiger partial charge in [-0.25, -0.2) is 4.79 Å². The molecule has 1 aliphatic rings. The molecule has 1 fully saturated rings. The van der Waals surface area contributed by atoms with Crippen LogP contribution in [0.4, 0.5) is 10.5 Å². The van der Waals surface area contributed by atoms with Gasteiger partial charge in [0.25, 0.3) is 0 Å². The van der Waals surface area contributed by atoms with Crippen molar-refractivity contribution in [1.82, 2.24) is 10.6 Å². The van der Waals surface area contributed by atoms with Crippen molar-refractivity contribution in [2.75, 3.05) is 18.0 Å². The first-order chi connectivity index (χ1) is 11.5. The Balaban J connectivity index is 1.83. The summed E-state index contributed by atoms with van der Waals surface area (Å²) < 4.78 is 0. The molecule has 1 saturated heterocycles. The van der Waals surface area contributed by atoms with Crippen LogP contribution in [0.15, 0.2) is 24.3 Å². The highest BCUT2D eigenvalue weighted by atomic mass is 16.4. The van der Waals surface area contributed by atoms with E-state index in [1.54, 1.807) is 29.2 Å². The quantitative estimate of drug-likeness (QED) is 0.667. The van der Waals surface area contributed by atoms with Crippen LogP contribution in [0.1, 0.15) is 24.8 Å². The third-order valence-corrected chi connectivity index (χ3v) is 3.67. The Morgan fingerprint density at radius 3 is 2.67 bits per heavy atom. The Kier molecular flexibility index (Phi) is 5.73. The van der Waals surface area contributed by atoms with Crippen LogP contribution in [0.25, 0.3) is 0 Å². The molecule has 8 nitrogen and oxygen atoms in total. The van der Waals surface area contributed by atoms with E-state index in [1.807, 2.05) is 6.07 Å². The van der Waals surface area contributed by atoms with Gasteiger partial charge in [0.1, 0.15) is 6.04 Å². The van der Waals surface area contributed by atoms with Gasteiger partial charge in [-0.3, -0.25) is 9.59 Å². The van der Waals surface area contributed by atoms with Gasteiger partial charge in [-0.1, -0.05) is 0 Å². The van der Waals surface area contributed by atoms with Gasteiger partial charge < -0.3 is 20.6 Å². The first-order valence-corrected chi connectivity index (χ1v) is 7.59. The highest BCUT2D eigenvalue weighted by molar-refractivity contribution is 6.01. The van der Waals surface area contributed by atoms with Crippen LogP contribution in [-0.4, -0.2) is 42.1 Å². The van der Waals surface area contributed by atoms with E-state index in [1.165, 1.54) is 0 Å². The van der Waals surface area contributed by atoms with Gasteiger partial charge in [0.2, 0.25) is 5.91 Å². The number of anilines is 1. The van der Waals surface area contributed by atoms with Gasteiger partial charge in [-0.15, -0.1) is 0 Å². The summed E-state index contributed by atoms with van der Waals surface area (Å²) in [5.74, 6) is -1.12. The summed E-state index contributed by atoms with van der Waals surface area (Å²) in [7, 11) is 0. The molecule has 0 aliphatic carbocycles. The number of nitrogens with one attached hydrogen (secondary N) is 2. The SMILES string of the molecule is N#Cc1ccc(N2CC[C@H](NC(=O)NCCCC(=O)O)C2=O)cc1. The lowest BCUT2D eigenvalue weighted by Gasteiger charge is -2.17. The number of urea groups is 1. The monoisotopic (exact) mass is 330 g/mol. The summed E-state index contributed by atoms with van der Waals surface area (Å²) >= 11 is 0. The van der Waals surface area contributed by atoms with Crippen molar-refractivity contribution in [2.24, 2.45) is 0 Å². The van der Waals surface area contributed by atoms with Gasteiger partial charge in [-0.2, -0.15) is 5.26 Å². The molecule has 24 heavy (non-hydrogen) atoms. The average molecular weight is 330 g/mol. The number of rotatable bonds is 6. The second-order valence-electron chi connectivity index (χ2n) is 5.39. The number of amides is 3. The number of nitrogens with zero attached hydrogens (tertiary/aromatic N) is 2. The lowest BCUT2D eigenvalue weighted by molar-refractivity contribution is -0.137. The van der Waals surface area contributed by atoms with E-state index in [0.717, 1.165) is 0 Å². The summed E-state index contributed by atoms with van der Waals surface area (Å²) in [6.45, 7) is 0.715. The normalized spacial score (nSPS) is 16.5. The summed E-state index contributed by atoms with van der Waals surface area (Å²) in [5, 5.41) is 22.4. The van der Waals surface area contributed by atoms with Crippen LogP contribution >= 0.6 is 0 Å². The fourth-order valence-electron chi connectivity index (χ4n) is 2.44. The van der Waals surface area contributed by atoms with E-state index >= 15 is 0 Å². The van der Waals surface area contributed by atoms with E-state index in [0.29, 0.717) is 30.6 Å². The predicted molar refractivity (Wildman–Crippen MR) is 85.3 cm³/mol. The molecule has 8 heteroatoms. The van der Waals surface area contributed by atoms with Gasteiger partial charge in [0.15, 0.2) is 0 Å². The van der Waals surface area contributed by atoms with Gasteiger partial charge >= 0.3 is 12.0 Å². The van der Waals surface area contributed by atoms with E-state index < -0.39 is 18.0 Å². The lowest BCUT2D eigenvalue weighted by Crippen LogP contribution is -2.46. The maximum Gasteiger partial charge on any atom is 0.315 e. The van der Waals surface area contributed by atoms with Gasteiger partial charge in [0, 0.05) is 25.2 Å². The summed E-state index contributed by atoms with van der Waals surface area (Å²) in [6, 6.07) is 7.59. The van der Waals surface area contributed by atoms with E-state index in [4.69, 9.17) is 10.4 Å². The maximum atomic E-state index is 12.4. The Morgan fingerprint density at radius 1 is 1.33 bits per heavy atom. The second-order valence-corrected chi connectivity index (χ2v) is 5.39. The van der Waals surface area contributed by atoms with Crippen LogP contribution in [0.2, 0.25) is 0 Å². The number of carbonyl (C=O) groups is 3. The number of carboxylic acids is 1. The second kappa shape index (κ2) is 7.97. The number of carboxylic acid groups (broad SMARTS) is 1. The minimum absolute atomic E-state index is 0.0187. The molecule has 0 unspecified atom stereocenters. The molecule has 3 amide bonds. The van der Waals surface area contributed by atoms with Crippen molar-refractivity contribution in [3.05, 3.63) is 29.8 Å². The van der Waals surface area contributed by atoms with E-state index in [9.17, 15) is 14.4 Å². The number of nitriles is 1. The minimum atomic E-state index is -0.916. The van der Waals surface area contributed by atoms with Crippen LogP contribution in [0.5, 0.6) is 0 Å². The topological polar surface area (TPSA) is 123 Å². The van der Waals surface area contributed by atoms with Gasteiger partial charge in [-0.05, 0) is 37.1 Å². The molecule has 3 N–H and O–H groups in total. The first kappa shape index (κ1) is 17.3. The Bertz CT molecular complexity index is 666. The zero-order chi connectivity index (χ0) is 17.5. The maximum absolute atomic E-state index is 12.4. The average Bonchev–Trinajstić information content (AvgIpc) is 2.92. The molecule has 1 aliphatic heterocycles. The summed E-state index contributed by atoms with van der Waals surface area (Å²) in [6.07, 6.45) is 0.801. The van der Waals surface area contributed by atoms with Crippen LogP contribution in [0.3, 0.4) is 0 Å². The number of aliphatic carboxylic acids is 1. The van der Waals surface area contributed by atoms with Crippen molar-refractivity contribution in [3.8, 4) is 6.07 Å². The first-order valence-electron chi connectivity index (χ1n) is 7.59. The Labute approximate surface area is 139 Å². The highest BCUT2D eigenvalue weighted by Crippen LogP contribution is 2.21. The third kappa shape index (κ3) is 4.46. The molecule has 1 atom stereocenters. The third-order valence-electron chi connectivity index (χ3n) is 3.67. The standard InChI is InChI=1S/C16H18N4O4/c17-10-11-3-5-12(6-4-11)20-9-7-13(15(20)23)19-16(24)18-8-1-2-14(21)22/h3-6,13H,1-2,7-9H2,(H,21,22)(H2,18,19,24)/t13-/m0/s1. The molecule has 1 heterocycles. The number of benzene rings is 1. The molecule has 1 aromatic rings. The fraction of sp³-hybridized carbons (Fsp3) is 0.375. The summed E-state index contributed by atoms with van der Waals surface area (Å²) in [4.78, 5) is 36.0. The van der Waals surface area contributed by atoms with Crippen molar-refractivity contribution in [2.45, 2.75) is 25.3 Å². The van der Waals surface area contributed by atoms with Crippen molar-refractivity contribution < 1.29 is 19.5 Å². The van der Waals surface area contributed by atoms with E-state index in [-0.39, 0.29) is 18.9 Å². The van der Waals surface area contributed by atoms with Gasteiger partial charge in [0.05, 0.1) is 11.6 Å². The summed E-state index contributed by atoms with van der Waals surface area (Å²) in [5.41, 5.74) is 1.20. The number of hydrogen-bond acceptors (Lipinski definition) is 4. The highest BCUT2D eigenvalue weighted by Gasteiger charge is 2.33. The van der Waals surface area contributed by atoms with E-state index in [2.05, 4.69) is 10.6 Å². The largest absolute Gasteiger partial charge is 0.481 e. The van der Waals surface area contributed by atoms with Crippen LogP contribution < -0.4 is 15.5 Å². The predicted octanol–water partition coefficient (Wildman–Crippen LogP) is 0.828. The molecule has 126 valence electrons. The molecular formula is C16H18N4O4. The number of carbonyl (C=O) groups excluding carboxylic acids is 2. The fourth-order valence-corrected chi connectivity index (χ4v) is 2.44.